The van der Waals surface area contributed by atoms with Crippen molar-refractivity contribution in [2.75, 3.05) is 25.6 Å². The standard InChI is InChI=1S/C63H63N13O13S6/c1-30(2)47(73-54(82)48-31(3)94-56(74-48)39(64)21-45(78)65-4)60-75-50(43(95-60)25-88-5)53(81)66-22-46(79)72-51(52(80)33-9-7-6-8-10-33)59-70-42(28-92-59)58-69-41(27-91-58)49-38(55-67-36(24-77)26-90-55)19-20-40(68-49)57-71-44(29-93-57)76(23-32-11-13-34(14-12-32)61(83)84)63(87)89-37-17-15-35(16-18-37)62(85)86/h6-14,19-20,24,26-30,35,37,39,47,51-52,80H,15-18,21-23,25,64H2,1-5H3,(H,65,78)(H,66,81)(H,72,79)(H,73,82)(H,83,84)(H,85,86)/t35?,37?,39-,47?,51-,52-/m0/s1. The summed E-state index contributed by atoms with van der Waals surface area (Å²) in [6, 6.07) is 15.7. The number of amides is 5. The van der Waals surface area contributed by atoms with Gasteiger partial charge in [0.15, 0.2) is 6.29 Å². The Balaban J connectivity index is 0.877. The highest BCUT2D eigenvalue weighted by Crippen LogP contribution is 2.41. The van der Waals surface area contributed by atoms with Gasteiger partial charge in [0.25, 0.3) is 11.8 Å². The largest absolute Gasteiger partial charge is 0.481 e. The third-order valence-corrected chi connectivity index (χ3v) is 21.0. The molecule has 1 saturated carbocycles. The first kappa shape index (κ1) is 68.9. The molecule has 1 fully saturated rings. The summed E-state index contributed by atoms with van der Waals surface area (Å²) in [5.74, 6) is -4.65. The summed E-state index contributed by atoms with van der Waals surface area (Å²) in [6.07, 6.45) is -0.519. The number of rotatable bonds is 27. The zero-order valence-corrected chi connectivity index (χ0v) is 56.4. The van der Waals surface area contributed by atoms with Crippen LogP contribution in [0.4, 0.5) is 10.6 Å². The van der Waals surface area contributed by atoms with Crippen LogP contribution in [0.1, 0.15) is 148 Å². The molecule has 9 aromatic rings. The van der Waals surface area contributed by atoms with Crippen molar-refractivity contribution < 1.29 is 63.1 Å². The number of carbonyl (C=O) groups excluding carboxylic acids is 6. The molecule has 0 radical (unpaired) electrons. The minimum Gasteiger partial charge on any atom is -0.481 e. The molecule has 1 aliphatic carbocycles. The van der Waals surface area contributed by atoms with Crippen LogP contribution in [0.25, 0.3) is 43.4 Å². The van der Waals surface area contributed by atoms with E-state index in [1.807, 2.05) is 13.8 Å². The van der Waals surface area contributed by atoms with Gasteiger partial charge in [-0.1, -0.05) is 56.3 Å². The molecule has 7 aromatic heterocycles. The molecule has 9 N–H and O–H groups in total. The van der Waals surface area contributed by atoms with E-state index in [4.69, 9.17) is 35.1 Å². The number of aromatic carboxylic acids is 1. The minimum absolute atomic E-state index is 0.00617. The number of methoxy groups -OCH3 is 1. The number of nitrogens with zero attached hydrogens (tertiary/aromatic N) is 8. The number of aliphatic hydroxyl groups excluding tert-OH is 1. The lowest BCUT2D eigenvalue weighted by atomic mass is 9.87. The van der Waals surface area contributed by atoms with Gasteiger partial charge in [0.1, 0.15) is 88.3 Å². The number of aliphatic carboxylic acids is 1. The number of benzene rings is 2. The fourth-order valence-corrected chi connectivity index (χ4v) is 15.6. The summed E-state index contributed by atoms with van der Waals surface area (Å²) in [5.41, 5.74) is 9.83. The lowest BCUT2D eigenvalue weighted by molar-refractivity contribution is -0.143. The summed E-state index contributed by atoms with van der Waals surface area (Å²) >= 11 is 7.23. The number of carbonyl (C=O) groups is 8. The Morgan fingerprint density at radius 1 is 0.716 bits per heavy atom. The van der Waals surface area contributed by atoms with Gasteiger partial charge in [-0.25, -0.2) is 44.5 Å². The van der Waals surface area contributed by atoms with Crippen LogP contribution in [0.3, 0.4) is 0 Å². The quantitative estimate of drug-likeness (QED) is 0.0222. The predicted octanol–water partition coefficient (Wildman–Crippen LogP) is 9.82. The number of pyridine rings is 1. The van der Waals surface area contributed by atoms with E-state index in [0.717, 1.165) is 11.3 Å². The maximum Gasteiger partial charge on any atom is 0.416 e. The number of aromatic nitrogens is 7. The lowest BCUT2D eigenvalue weighted by Crippen LogP contribution is -2.40. The molecule has 7 heterocycles. The summed E-state index contributed by atoms with van der Waals surface area (Å²) in [7, 11) is 2.97. The SMILES string of the molecule is CNC(=O)C[C@H](N)c1nc(C(=O)NC(c2nc(C(=O)NCC(=O)N[C@H](c3nc(-c4nc(-c5nc(-c6nc(N(Cc7ccc(C(=O)O)cc7)C(=O)OC7CCC(C(=O)O)CC7)cs6)ccc5-c5nc(C=O)cs5)cs4)cs3)[C@@H](O)c3ccccc3)c(COC)s2)C(C)C)c(C)s1. The Labute approximate surface area is 567 Å². The third kappa shape index (κ3) is 16.6. The molecule has 0 saturated heterocycles. The van der Waals surface area contributed by atoms with Crippen molar-refractivity contribution in [3.05, 3.63) is 147 Å². The van der Waals surface area contributed by atoms with Gasteiger partial charge in [0, 0.05) is 52.5 Å². The molecule has 95 heavy (non-hydrogen) atoms. The zero-order valence-electron chi connectivity index (χ0n) is 51.5. The van der Waals surface area contributed by atoms with E-state index < -0.39 is 78.5 Å². The number of ether oxygens (including phenoxy) is 2. The maximum atomic E-state index is 14.1. The smallest absolute Gasteiger partial charge is 0.416 e. The highest BCUT2D eigenvalue weighted by Gasteiger charge is 2.34. The van der Waals surface area contributed by atoms with Gasteiger partial charge in [-0.15, -0.1) is 68.0 Å². The van der Waals surface area contributed by atoms with Gasteiger partial charge in [0.05, 0.1) is 53.8 Å². The van der Waals surface area contributed by atoms with Crippen molar-refractivity contribution in [3.63, 3.8) is 0 Å². The van der Waals surface area contributed by atoms with Crippen LogP contribution in [0.2, 0.25) is 0 Å². The second-order valence-corrected chi connectivity index (χ2v) is 28.0. The van der Waals surface area contributed by atoms with Gasteiger partial charge in [-0.05, 0) is 73.9 Å². The molecule has 1 unspecified atom stereocenters. The Kier molecular flexibility index (Phi) is 22.5. The van der Waals surface area contributed by atoms with Crippen LogP contribution in [-0.2, 0) is 37.0 Å². The first-order chi connectivity index (χ1) is 45.7. The minimum atomic E-state index is -1.32. The van der Waals surface area contributed by atoms with Crippen molar-refractivity contribution in [3.8, 4) is 43.4 Å². The number of anilines is 1. The number of aldehydes is 1. The Morgan fingerprint density at radius 2 is 1.42 bits per heavy atom. The number of thiazole rings is 6. The number of hydrogen-bond donors (Lipinski definition) is 8. The number of hydrogen-bond acceptors (Lipinski definition) is 25. The Morgan fingerprint density at radius 3 is 2.11 bits per heavy atom. The molecule has 26 nitrogen and oxygen atoms in total. The van der Waals surface area contributed by atoms with Crippen molar-refractivity contribution >= 4 is 122 Å². The van der Waals surface area contributed by atoms with Crippen molar-refractivity contribution in [2.45, 2.75) is 96.4 Å². The van der Waals surface area contributed by atoms with Crippen LogP contribution in [0, 0.1) is 18.8 Å². The number of carboxylic acid groups (broad SMARTS) is 2. The second-order valence-electron chi connectivity index (χ2n) is 22.2. The maximum absolute atomic E-state index is 14.1. The number of aliphatic hydroxyl groups is 1. The number of carboxylic acids is 2. The van der Waals surface area contributed by atoms with E-state index in [1.54, 1.807) is 83.0 Å². The number of aryl methyl sites for hydroxylation is 1. The molecule has 0 bridgehead atoms. The molecule has 494 valence electrons. The van der Waals surface area contributed by atoms with Gasteiger partial charge in [-0.3, -0.25) is 33.7 Å². The fourth-order valence-electron chi connectivity index (χ4n) is 10.1. The van der Waals surface area contributed by atoms with Crippen LogP contribution in [0.5, 0.6) is 0 Å². The molecule has 2 aromatic carbocycles. The Hall–Kier alpha value is -8.99. The van der Waals surface area contributed by atoms with Crippen molar-refractivity contribution in [1.29, 1.82) is 0 Å². The van der Waals surface area contributed by atoms with E-state index in [-0.39, 0.29) is 59.9 Å². The summed E-state index contributed by atoms with van der Waals surface area (Å²) in [6.45, 7) is 4.91. The molecule has 32 heteroatoms. The van der Waals surface area contributed by atoms with Crippen LogP contribution in [0.15, 0.2) is 88.3 Å². The molecular formula is C63H63N13O13S6. The normalized spacial score (nSPS) is 15.1. The second kappa shape index (κ2) is 31.0. The van der Waals surface area contributed by atoms with Crippen molar-refractivity contribution in [1.82, 2.24) is 56.2 Å². The molecule has 1 aliphatic rings. The zero-order chi connectivity index (χ0) is 67.6. The van der Waals surface area contributed by atoms with Gasteiger partial charge >= 0.3 is 18.0 Å². The van der Waals surface area contributed by atoms with E-state index in [2.05, 4.69) is 36.2 Å². The third-order valence-electron chi connectivity index (χ3n) is 15.2. The average Bonchev–Trinajstić information content (AvgIpc) is 2.10. The first-order valence-electron chi connectivity index (χ1n) is 29.5. The summed E-state index contributed by atoms with van der Waals surface area (Å²) in [4.78, 5) is 139. The average molecular weight is 1400 g/mol. The number of nitrogens with one attached hydrogen (secondary N) is 4. The molecule has 0 spiro atoms. The van der Waals surface area contributed by atoms with E-state index in [9.17, 15) is 53.7 Å². The molecule has 4 atom stereocenters. The molecule has 5 amide bonds. The lowest BCUT2D eigenvalue weighted by Gasteiger charge is -2.28. The van der Waals surface area contributed by atoms with Gasteiger partial charge in [0.2, 0.25) is 11.8 Å². The highest BCUT2D eigenvalue weighted by atomic mass is 32.1. The van der Waals surface area contributed by atoms with E-state index in [0.29, 0.717) is 111 Å². The first-order valence-corrected chi connectivity index (χ1v) is 34.7. The molecular weight excluding hydrogens is 1340 g/mol. The monoisotopic (exact) mass is 1400 g/mol. The topological polar surface area (TPSA) is 383 Å². The number of nitrogens with two attached hydrogens (primary N) is 1. The van der Waals surface area contributed by atoms with Crippen LogP contribution >= 0.6 is 68.0 Å². The van der Waals surface area contributed by atoms with Crippen LogP contribution in [-0.4, -0.2) is 125 Å². The van der Waals surface area contributed by atoms with Crippen molar-refractivity contribution in [2.24, 2.45) is 17.6 Å². The highest BCUT2D eigenvalue weighted by molar-refractivity contribution is 7.15. The Bertz CT molecular complexity index is 4270. The van der Waals surface area contributed by atoms with E-state index in [1.165, 1.54) is 87.9 Å². The van der Waals surface area contributed by atoms with E-state index >= 15 is 0 Å². The summed E-state index contributed by atoms with van der Waals surface area (Å²) < 4.78 is 11.4. The predicted molar refractivity (Wildman–Crippen MR) is 358 cm³/mol. The van der Waals surface area contributed by atoms with Gasteiger partial charge < -0.3 is 51.8 Å². The molecule has 0 aliphatic heterocycles. The fraction of sp³-hybridized carbons (Fsp3) is 0.317. The summed E-state index contributed by atoms with van der Waals surface area (Å²) in [5, 5.41) is 51.4. The van der Waals surface area contributed by atoms with Crippen LogP contribution < -0.4 is 31.9 Å². The van der Waals surface area contributed by atoms with Gasteiger partial charge in [-0.2, -0.15) is 0 Å². The molecule has 10 rings (SSSR count).